The van der Waals surface area contributed by atoms with Gasteiger partial charge in [0.05, 0.1) is 17.1 Å². The second-order valence-electron chi connectivity index (χ2n) is 14.8. The fraction of sp³-hybridized carbons (Fsp3) is 0.0980. The number of furan rings is 1. The molecule has 1 spiro atoms. The van der Waals surface area contributed by atoms with Crippen LogP contribution in [0.1, 0.15) is 35.1 Å². The predicted octanol–water partition coefficient (Wildman–Crippen LogP) is 13.9. The minimum atomic E-state index is -0.161. The van der Waals surface area contributed by atoms with Gasteiger partial charge in [-0.15, -0.1) is 0 Å². The van der Waals surface area contributed by atoms with Crippen LogP contribution in [-0.2, 0) is 18.3 Å². The molecule has 3 heteroatoms. The molecule has 1 aromatic heterocycles. The number of benzene rings is 8. The van der Waals surface area contributed by atoms with E-state index in [1.165, 1.54) is 55.8 Å². The maximum absolute atomic E-state index is 6.47. The van der Waals surface area contributed by atoms with Crippen molar-refractivity contribution in [1.29, 1.82) is 0 Å². The normalized spacial score (nSPS) is 15.9. The lowest BCUT2D eigenvalue weighted by molar-refractivity contribution is 0.508. The summed E-state index contributed by atoms with van der Waals surface area (Å²) in [4.78, 5) is 5.00. The maximum atomic E-state index is 6.47. The molecule has 0 amide bonds. The number of hydrogen-bond donors (Lipinski definition) is 0. The Morgan fingerprint density at radius 3 is 1.65 bits per heavy atom. The Labute approximate surface area is 315 Å². The summed E-state index contributed by atoms with van der Waals surface area (Å²) in [5.74, 6) is 0. The summed E-state index contributed by atoms with van der Waals surface area (Å²) in [5.41, 5.74) is 14.6. The van der Waals surface area contributed by atoms with Gasteiger partial charge in [0, 0.05) is 44.7 Å². The number of nitrogens with zero attached hydrogens (tertiary/aromatic N) is 2. The number of aryl methyl sites for hydroxylation is 2. The van der Waals surface area contributed by atoms with Crippen molar-refractivity contribution < 1.29 is 4.42 Å². The van der Waals surface area contributed by atoms with Gasteiger partial charge < -0.3 is 14.2 Å². The second kappa shape index (κ2) is 12.2. The first-order chi connectivity index (χ1) is 26.8. The minimum absolute atomic E-state index is 0.161. The molecule has 1 atom stereocenters. The van der Waals surface area contributed by atoms with Crippen LogP contribution in [0.3, 0.4) is 0 Å². The van der Waals surface area contributed by atoms with E-state index in [4.69, 9.17) is 4.42 Å². The molecule has 9 aromatic rings. The summed E-state index contributed by atoms with van der Waals surface area (Å²) >= 11 is 0. The average Bonchev–Trinajstić information content (AvgIpc) is 3.93. The topological polar surface area (TPSA) is 19.6 Å². The third-order valence-corrected chi connectivity index (χ3v) is 12.0. The highest BCUT2D eigenvalue weighted by atomic mass is 16.3. The molecular formula is C51H38N2O. The van der Waals surface area contributed by atoms with Crippen molar-refractivity contribution >= 4 is 66.8 Å². The fourth-order valence-corrected chi connectivity index (χ4v) is 9.76. The van der Waals surface area contributed by atoms with E-state index in [-0.39, 0.29) is 5.41 Å². The minimum Gasteiger partial charge on any atom is -0.456 e. The summed E-state index contributed by atoms with van der Waals surface area (Å²) in [6.07, 6.45) is 4.24. The van der Waals surface area contributed by atoms with Crippen molar-refractivity contribution in [1.82, 2.24) is 0 Å². The van der Waals surface area contributed by atoms with E-state index in [1.807, 2.05) is 6.07 Å². The molecule has 2 aliphatic carbocycles. The monoisotopic (exact) mass is 694 g/mol. The van der Waals surface area contributed by atoms with Crippen LogP contribution in [0.2, 0.25) is 0 Å². The zero-order valence-corrected chi connectivity index (χ0v) is 30.0. The van der Waals surface area contributed by atoms with E-state index >= 15 is 0 Å². The number of para-hydroxylation sites is 3. The van der Waals surface area contributed by atoms with Crippen LogP contribution in [0.25, 0.3) is 32.7 Å². The fourth-order valence-electron chi connectivity index (χ4n) is 9.76. The summed E-state index contributed by atoms with van der Waals surface area (Å²) in [6.45, 7) is 0. The SMILES string of the molecule is c1ccc(N(c2ccc3c(c2)oc2ccccc23)c2cccc3c2[C@@]2(CC3)CCc3cccc(N(c4ccccc4)c4cccc5ccccc45)c32)cc1. The van der Waals surface area contributed by atoms with E-state index in [0.717, 1.165) is 59.0 Å². The standard InChI is InChI=1S/C51H38N2O/c1-3-18-38(19-4-1)52(40-28-29-43-42-23-9-10-27-47(42)54-48(43)34-40)45-25-12-16-36-30-32-51(49(36)45)33-31-37-17-13-26-46(50(37)51)53(39-20-5-2-6-21-39)44-24-11-15-35-14-7-8-22-41(35)44/h1-29,34H,30-33H2/t51-/m1/s1. The van der Waals surface area contributed by atoms with Gasteiger partial charge in [-0.05, 0) is 114 Å². The Morgan fingerprint density at radius 2 is 0.926 bits per heavy atom. The van der Waals surface area contributed by atoms with E-state index < -0.39 is 0 Å². The van der Waals surface area contributed by atoms with Gasteiger partial charge in [0.15, 0.2) is 0 Å². The third kappa shape index (κ3) is 4.68. The molecule has 1 heterocycles. The van der Waals surface area contributed by atoms with E-state index in [0.29, 0.717) is 0 Å². The second-order valence-corrected chi connectivity index (χ2v) is 14.8. The van der Waals surface area contributed by atoms with Crippen LogP contribution in [0.4, 0.5) is 34.1 Å². The quantitative estimate of drug-likeness (QED) is 0.173. The molecule has 0 unspecified atom stereocenters. The average molecular weight is 695 g/mol. The molecular weight excluding hydrogens is 657 g/mol. The Bertz CT molecular complexity index is 2850. The van der Waals surface area contributed by atoms with Crippen molar-refractivity contribution in [3.05, 3.63) is 204 Å². The zero-order chi connectivity index (χ0) is 35.6. The van der Waals surface area contributed by atoms with Gasteiger partial charge in [0.2, 0.25) is 0 Å². The first-order valence-electron chi connectivity index (χ1n) is 19.1. The molecule has 0 fully saturated rings. The molecule has 0 saturated heterocycles. The van der Waals surface area contributed by atoms with E-state index in [1.54, 1.807) is 0 Å². The van der Waals surface area contributed by atoms with Crippen LogP contribution < -0.4 is 9.80 Å². The van der Waals surface area contributed by atoms with Crippen LogP contribution in [-0.4, -0.2) is 0 Å². The molecule has 0 saturated carbocycles. The number of rotatable bonds is 6. The van der Waals surface area contributed by atoms with Crippen LogP contribution in [0.15, 0.2) is 186 Å². The largest absolute Gasteiger partial charge is 0.456 e. The predicted molar refractivity (Wildman–Crippen MR) is 224 cm³/mol. The number of anilines is 6. The van der Waals surface area contributed by atoms with Gasteiger partial charge in [-0.3, -0.25) is 0 Å². The molecule has 2 aliphatic rings. The molecule has 258 valence electrons. The molecule has 0 radical (unpaired) electrons. The number of fused-ring (bicyclic) bond motifs is 8. The van der Waals surface area contributed by atoms with Gasteiger partial charge >= 0.3 is 0 Å². The molecule has 0 N–H and O–H groups in total. The van der Waals surface area contributed by atoms with Gasteiger partial charge in [-0.2, -0.15) is 0 Å². The summed E-state index contributed by atoms with van der Waals surface area (Å²) < 4.78 is 6.47. The lowest BCUT2D eigenvalue weighted by atomic mass is 9.74. The summed E-state index contributed by atoms with van der Waals surface area (Å²) in [6, 6.07) is 66.3. The lowest BCUT2D eigenvalue weighted by Crippen LogP contribution is -2.27. The van der Waals surface area contributed by atoms with Crippen molar-refractivity contribution in [2.24, 2.45) is 0 Å². The first kappa shape index (κ1) is 31.0. The maximum Gasteiger partial charge on any atom is 0.137 e. The summed E-state index contributed by atoms with van der Waals surface area (Å²) in [5, 5.41) is 4.78. The molecule has 11 rings (SSSR count). The highest BCUT2D eigenvalue weighted by molar-refractivity contribution is 6.06. The van der Waals surface area contributed by atoms with Crippen molar-refractivity contribution in [3.63, 3.8) is 0 Å². The molecule has 8 aromatic carbocycles. The highest BCUT2D eigenvalue weighted by Crippen LogP contribution is 2.60. The Balaban J connectivity index is 1.15. The van der Waals surface area contributed by atoms with Crippen molar-refractivity contribution in [2.45, 2.75) is 31.1 Å². The van der Waals surface area contributed by atoms with Crippen LogP contribution >= 0.6 is 0 Å². The lowest BCUT2D eigenvalue weighted by Gasteiger charge is -2.37. The van der Waals surface area contributed by atoms with E-state index in [9.17, 15) is 0 Å². The van der Waals surface area contributed by atoms with Crippen molar-refractivity contribution in [3.8, 4) is 0 Å². The highest BCUT2D eigenvalue weighted by Gasteiger charge is 2.49. The van der Waals surface area contributed by atoms with Gasteiger partial charge in [-0.1, -0.05) is 115 Å². The summed E-state index contributed by atoms with van der Waals surface area (Å²) in [7, 11) is 0. The van der Waals surface area contributed by atoms with E-state index in [2.05, 4.69) is 186 Å². The van der Waals surface area contributed by atoms with Gasteiger partial charge in [-0.25, -0.2) is 0 Å². The van der Waals surface area contributed by atoms with Crippen molar-refractivity contribution in [2.75, 3.05) is 9.80 Å². The van der Waals surface area contributed by atoms with Crippen LogP contribution in [0, 0.1) is 0 Å². The Morgan fingerprint density at radius 1 is 0.389 bits per heavy atom. The Hall–Kier alpha value is -6.58. The molecule has 3 nitrogen and oxygen atoms in total. The smallest absolute Gasteiger partial charge is 0.137 e. The third-order valence-electron chi connectivity index (χ3n) is 12.0. The number of hydrogen-bond acceptors (Lipinski definition) is 3. The van der Waals surface area contributed by atoms with Gasteiger partial charge in [0.25, 0.3) is 0 Å². The van der Waals surface area contributed by atoms with Gasteiger partial charge in [0.1, 0.15) is 11.2 Å². The Kier molecular flexibility index (Phi) is 7.03. The molecule has 0 aliphatic heterocycles. The van der Waals surface area contributed by atoms with Crippen LogP contribution in [0.5, 0.6) is 0 Å². The zero-order valence-electron chi connectivity index (χ0n) is 30.0. The molecule has 0 bridgehead atoms. The first-order valence-corrected chi connectivity index (χ1v) is 19.1. The molecule has 54 heavy (non-hydrogen) atoms.